The number of nitrogens with zero attached hydrogens (tertiary/aromatic N) is 4. The molecule has 3 amide bonds. The summed E-state index contributed by atoms with van der Waals surface area (Å²) in [6, 6.07) is 101. The number of urea groups is 1. The van der Waals surface area contributed by atoms with E-state index < -0.39 is 10.1 Å². The van der Waals surface area contributed by atoms with Crippen LogP contribution < -0.4 is 75.1 Å². The summed E-state index contributed by atoms with van der Waals surface area (Å²) in [5.74, 6) is -0.0245. The van der Waals surface area contributed by atoms with Crippen LogP contribution in [0.5, 0.6) is 0 Å². The number of rotatable bonds is 35. The number of quaternary nitrogens is 3. The third-order valence-electron chi connectivity index (χ3n) is 20.1. The third kappa shape index (κ3) is 34.0. The lowest BCUT2D eigenvalue weighted by molar-refractivity contribution is -0.941. The van der Waals surface area contributed by atoms with Gasteiger partial charge in [0.1, 0.15) is 58.9 Å². The number of anilines is 7. The van der Waals surface area contributed by atoms with Crippen LogP contribution in [0, 0.1) is 13.8 Å². The maximum absolute atomic E-state index is 12.6. The topological polar surface area (TPSA) is 154 Å². The van der Waals surface area contributed by atoms with Gasteiger partial charge in [-0.15, -0.1) is 0 Å². The van der Waals surface area contributed by atoms with Crippen LogP contribution in [0.1, 0.15) is 122 Å². The van der Waals surface area contributed by atoms with Crippen molar-refractivity contribution in [2.75, 3.05) is 94.2 Å². The van der Waals surface area contributed by atoms with E-state index in [4.69, 9.17) is 13.0 Å². The Labute approximate surface area is 700 Å². The first kappa shape index (κ1) is 93.6. The summed E-state index contributed by atoms with van der Waals surface area (Å²) in [6.45, 7) is 38.8. The highest BCUT2D eigenvalue weighted by molar-refractivity contribution is 7.84. The van der Waals surface area contributed by atoms with E-state index >= 15 is 0 Å². The van der Waals surface area contributed by atoms with Gasteiger partial charge in [0.05, 0.1) is 16.5 Å². The first-order chi connectivity index (χ1) is 54.7. The van der Waals surface area contributed by atoms with Crippen molar-refractivity contribution >= 4 is 61.9 Å². The van der Waals surface area contributed by atoms with Crippen LogP contribution in [0.2, 0.25) is 0 Å². The standard InChI is InChI=1S/C38H38N4O2.2C29H39N3.CH4O3S.2ClH/c1-28-8-18-34(19-9-28)39-37(43)24-30-12-14-32(15-13-30)26-42(25-31-6-4-3-5-7-31)27-33-16-22-36(23-17-33)41-38(44)40-35-20-10-29(2)11-21-35;2*1-5-31(6-2)28-18-14-26(15-19-28)23-30(22-25-12-10-9-11-13-25)24-27-16-20-29(21-17-27)32(7-3)8-4;1-5(2,3)4;;/h3-23H,24-27H2,1-2H3,(H,39,43)(H2,40,41,44);2*9-21H,5-8,22-24H2,1-4H3;1H3,(H,2,3,4);2*1H. The van der Waals surface area contributed by atoms with Gasteiger partial charge in [-0.1, -0.05) is 211 Å². The Balaban J connectivity index is 0.000000263. The summed E-state index contributed by atoms with van der Waals surface area (Å²) >= 11 is 0. The normalized spacial score (nSPS) is 11.0. The van der Waals surface area contributed by atoms with Crippen LogP contribution in [0.25, 0.3) is 0 Å². The molecule has 115 heavy (non-hydrogen) atoms. The summed E-state index contributed by atoms with van der Waals surface area (Å²) in [4.78, 5) is 39.1. The van der Waals surface area contributed by atoms with E-state index in [0.717, 1.165) is 145 Å². The molecular formula is C97H122Cl2N10O5S. The summed E-state index contributed by atoms with van der Waals surface area (Å²) in [6.07, 6.45) is 0.936. The molecule has 11 aromatic carbocycles. The molecule has 0 fully saturated rings. The fraction of sp³-hybridized carbons (Fsp3) is 0.299. The molecule has 15 nitrogen and oxygen atoms in total. The molecular weight excluding hydrogens is 1490 g/mol. The molecule has 0 aliphatic rings. The predicted molar refractivity (Wildman–Crippen MR) is 471 cm³/mol. The lowest BCUT2D eigenvalue weighted by Crippen LogP contribution is -3.08. The van der Waals surface area contributed by atoms with Gasteiger partial charge in [0, 0.05) is 148 Å². The lowest BCUT2D eigenvalue weighted by Gasteiger charge is -2.23. The summed E-state index contributed by atoms with van der Waals surface area (Å²) < 4.78 is 27.2. The zero-order valence-electron chi connectivity index (χ0n) is 69.4. The van der Waals surface area contributed by atoms with Crippen LogP contribution in [-0.2, 0) is 80.2 Å². The van der Waals surface area contributed by atoms with Crippen molar-refractivity contribution < 1.29 is 62.1 Å². The van der Waals surface area contributed by atoms with Gasteiger partial charge >= 0.3 is 6.03 Å². The average Bonchev–Trinajstić information content (AvgIpc) is 0.966. The van der Waals surface area contributed by atoms with Crippen LogP contribution in [0.4, 0.5) is 44.6 Å². The highest BCUT2D eigenvalue weighted by atomic mass is 35.5. The summed E-state index contributed by atoms with van der Waals surface area (Å²) in [7, 11) is -3.92. The number of hydrogen-bond donors (Lipinski definition) is 6. The van der Waals surface area contributed by atoms with Gasteiger partial charge in [-0.25, -0.2) is 13.2 Å². The Hall–Kier alpha value is -10.3. The second-order valence-corrected chi connectivity index (χ2v) is 30.3. The molecule has 0 radical (unpaired) electrons. The highest BCUT2D eigenvalue weighted by Gasteiger charge is 2.18. The quantitative estimate of drug-likeness (QED) is 0.0213. The Bertz CT molecular complexity index is 4230. The van der Waals surface area contributed by atoms with Crippen molar-refractivity contribution in [1.29, 1.82) is 0 Å². The fourth-order valence-electron chi connectivity index (χ4n) is 14.0. The average molecular weight is 1610 g/mol. The number of carbonyl (C=O) groups is 2. The van der Waals surface area contributed by atoms with Crippen LogP contribution in [0.15, 0.2) is 285 Å². The zero-order valence-corrected chi connectivity index (χ0v) is 71.7. The first-order valence-electron chi connectivity index (χ1n) is 40.3. The van der Waals surface area contributed by atoms with E-state index in [2.05, 4.69) is 297 Å². The Morgan fingerprint density at radius 3 is 0.696 bits per heavy atom. The largest absolute Gasteiger partial charge is 1.00 e. The minimum Gasteiger partial charge on any atom is -1.00 e. The van der Waals surface area contributed by atoms with E-state index in [0.29, 0.717) is 12.7 Å². The van der Waals surface area contributed by atoms with Gasteiger partial charge in [0.25, 0.3) is 0 Å². The molecule has 0 saturated carbocycles. The molecule has 0 heterocycles. The smallest absolute Gasteiger partial charge is 0.323 e. The number of aryl methyl sites for hydroxylation is 2. The van der Waals surface area contributed by atoms with Crippen molar-refractivity contribution in [3.63, 3.8) is 0 Å². The van der Waals surface area contributed by atoms with Gasteiger partial charge < -0.3 is 79.6 Å². The molecule has 0 aliphatic carbocycles. The van der Waals surface area contributed by atoms with E-state index in [9.17, 15) is 9.59 Å². The minimum absolute atomic E-state index is 0. The lowest BCUT2D eigenvalue weighted by atomic mass is 10.1. The summed E-state index contributed by atoms with van der Waals surface area (Å²) in [5.41, 5.74) is 22.9. The highest BCUT2D eigenvalue weighted by Crippen LogP contribution is 2.21. The Kier molecular flexibility index (Phi) is 40.8. The van der Waals surface area contributed by atoms with E-state index in [-0.39, 0.29) is 36.8 Å². The van der Waals surface area contributed by atoms with E-state index in [1.165, 1.54) is 77.7 Å². The maximum atomic E-state index is 12.6. The zero-order chi connectivity index (χ0) is 80.7. The monoisotopic (exact) mass is 1610 g/mol. The number of benzene rings is 11. The molecule has 0 aliphatic heterocycles. The molecule has 0 bridgehead atoms. The molecule has 1 atom stereocenters. The van der Waals surface area contributed by atoms with Crippen molar-refractivity contribution in [2.45, 2.75) is 135 Å². The number of nitrogens with one attached hydrogen (secondary N) is 6. The molecule has 1 unspecified atom stereocenters. The van der Waals surface area contributed by atoms with Gasteiger partial charge in [0.2, 0.25) is 5.91 Å². The molecule has 11 aromatic rings. The van der Waals surface area contributed by atoms with E-state index in [1.54, 1.807) is 9.80 Å². The molecule has 610 valence electrons. The molecule has 0 saturated heterocycles. The molecule has 18 heteroatoms. The minimum atomic E-state index is -3.92. The van der Waals surface area contributed by atoms with Crippen LogP contribution >= 0.6 is 0 Å². The third-order valence-corrected chi connectivity index (χ3v) is 20.1. The van der Waals surface area contributed by atoms with Crippen LogP contribution in [0.3, 0.4) is 0 Å². The molecule has 11 rings (SSSR count). The predicted octanol–water partition coefficient (Wildman–Crippen LogP) is 10.4. The number of hydrogen-bond acceptors (Lipinski definition) is 9. The maximum Gasteiger partial charge on any atom is 0.323 e. The number of amides is 3. The Morgan fingerprint density at radius 2 is 0.470 bits per heavy atom. The van der Waals surface area contributed by atoms with Gasteiger partial charge in [-0.05, 0) is 160 Å². The summed E-state index contributed by atoms with van der Waals surface area (Å²) in [5, 5.41) is 8.76. The second kappa shape index (κ2) is 50.2. The number of halogens is 2. The molecule has 6 N–H and O–H groups in total. The van der Waals surface area contributed by atoms with Gasteiger partial charge in [-0.2, -0.15) is 0 Å². The van der Waals surface area contributed by atoms with Crippen LogP contribution in [-0.4, -0.2) is 83.5 Å². The Morgan fingerprint density at radius 1 is 0.287 bits per heavy atom. The first-order valence-corrected chi connectivity index (χ1v) is 42.1. The van der Waals surface area contributed by atoms with Gasteiger partial charge in [0.15, 0.2) is 0 Å². The van der Waals surface area contributed by atoms with Crippen molar-refractivity contribution in [3.05, 3.63) is 352 Å². The van der Waals surface area contributed by atoms with Crippen molar-refractivity contribution in [1.82, 2.24) is 0 Å². The molecule has 0 aromatic heterocycles. The van der Waals surface area contributed by atoms with Gasteiger partial charge in [-0.3, -0.25) is 4.79 Å². The second-order valence-electron chi connectivity index (χ2n) is 28.9. The molecule has 0 spiro atoms. The van der Waals surface area contributed by atoms with Crippen molar-refractivity contribution in [3.8, 4) is 0 Å². The van der Waals surface area contributed by atoms with Crippen molar-refractivity contribution in [2.24, 2.45) is 0 Å². The number of carbonyl (C=O) groups excluding carboxylic acids is 2. The fourth-order valence-corrected chi connectivity index (χ4v) is 14.0. The SMILES string of the molecule is CCN(CC)c1ccc(C[NH+](Cc2ccccc2)Cc2ccc(N(CC)CC)cc2)cc1.CCN(CC)c1ccc(C[NH+](Cc2ccccc2)Cc2ccc(N(CC)CC)cc2)cc1.CS(=O)(=O)[O-].Cc1ccc(NC(=O)Cc2ccc(C[NH+](Cc3ccccc3)Cc3ccc(NC(=O)Nc4ccc(C)cc4)cc3)cc2)cc1.[Cl-].[Cl-]. The van der Waals surface area contributed by atoms with E-state index in [1.807, 2.05) is 92.7 Å².